The zero-order valence-electron chi connectivity index (χ0n) is 11.2. The Balaban J connectivity index is 2.08. The van der Waals surface area contributed by atoms with Crippen molar-refractivity contribution in [1.82, 2.24) is 20.0 Å². The van der Waals surface area contributed by atoms with Crippen molar-refractivity contribution in [3.05, 3.63) is 35.2 Å². The van der Waals surface area contributed by atoms with Gasteiger partial charge in [-0.3, -0.25) is 0 Å². The van der Waals surface area contributed by atoms with Crippen LogP contribution >= 0.6 is 0 Å². The SMILES string of the molecule is CCCNCc1nccn1Cc1c(C)noc1C. The van der Waals surface area contributed by atoms with E-state index in [4.69, 9.17) is 4.52 Å². The van der Waals surface area contributed by atoms with Gasteiger partial charge in [0.2, 0.25) is 0 Å². The first-order valence-corrected chi connectivity index (χ1v) is 6.34. The van der Waals surface area contributed by atoms with Crippen LogP contribution in [-0.4, -0.2) is 21.3 Å². The molecule has 2 aromatic heterocycles. The minimum atomic E-state index is 0.768. The van der Waals surface area contributed by atoms with Gasteiger partial charge >= 0.3 is 0 Å². The van der Waals surface area contributed by atoms with E-state index >= 15 is 0 Å². The number of imidazole rings is 1. The summed E-state index contributed by atoms with van der Waals surface area (Å²) >= 11 is 0. The van der Waals surface area contributed by atoms with Gasteiger partial charge in [0, 0.05) is 18.0 Å². The lowest BCUT2D eigenvalue weighted by atomic mass is 10.2. The fourth-order valence-corrected chi connectivity index (χ4v) is 1.93. The maximum absolute atomic E-state index is 5.18. The second kappa shape index (κ2) is 5.82. The number of nitrogens with one attached hydrogen (secondary N) is 1. The van der Waals surface area contributed by atoms with Crippen LogP contribution < -0.4 is 5.32 Å². The average Bonchev–Trinajstić information content (AvgIpc) is 2.92. The Bertz CT molecular complexity index is 481. The van der Waals surface area contributed by atoms with Gasteiger partial charge < -0.3 is 14.4 Å². The number of aryl methyl sites for hydroxylation is 2. The van der Waals surface area contributed by atoms with E-state index in [1.807, 2.05) is 26.2 Å². The number of rotatable bonds is 6. The van der Waals surface area contributed by atoms with Crippen molar-refractivity contribution in [2.75, 3.05) is 6.54 Å². The second-order valence-electron chi connectivity index (χ2n) is 4.45. The van der Waals surface area contributed by atoms with E-state index in [9.17, 15) is 0 Å². The van der Waals surface area contributed by atoms with Gasteiger partial charge in [0.05, 0.1) is 18.8 Å². The van der Waals surface area contributed by atoms with Gasteiger partial charge in [-0.05, 0) is 26.8 Å². The summed E-state index contributed by atoms with van der Waals surface area (Å²) in [5.41, 5.74) is 2.10. The molecule has 2 rings (SSSR count). The van der Waals surface area contributed by atoms with Crippen molar-refractivity contribution in [3.63, 3.8) is 0 Å². The summed E-state index contributed by atoms with van der Waals surface area (Å²) in [7, 11) is 0. The topological polar surface area (TPSA) is 55.9 Å². The molecule has 0 aromatic carbocycles. The molecule has 2 aromatic rings. The number of hydrogen-bond acceptors (Lipinski definition) is 4. The van der Waals surface area contributed by atoms with E-state index in [0.29, 0.717) is 0 Å². The molecule has 5 heteroatoms. The molecule has 0 aliphatic carbocycles. The van der Waals surface area contributed by atoms with E-state index in [2.05, 4.69) is 26.9 Å². The molecule has 0 bridgehead atoms. The van der Waals surface area contributed by atoms with Crippen molar-refractivity contribution in [2.45, 2.75) is 40.3 Å². The third kappa shape index (κ3) is 2.79. The fraction of sp³-hybridized carbons (Fsp3) is 0.538. The third-order valence-corrected chi connectivity index (χ3v) is 3.02. The van der Waals surface area contributed by atoms with Crippen LogP contribution in [0.2, 0.25) is 0 Å². The first kappa shape index (κ1) is 12.8. The number of hydrogen-bond donors (Lipinski definition) is 1. The van der Waals surface area contributed by atoms with Crippen molar-refractivity contribution in [2.24, 2.45) is 0 Å². The van der Waals surface area contributed by atoms with Gasteiger partial charge in [-0.1, -0.05) is 12.1 Å². The highest BCUT2D eigenvalue weighted by atomic mass is 16.5. The van der Waals surface area contributed by atoms with Crippen LogP contribution in [0.5, 0.6) is 0 Å². The predicted octanol–water partition coefficient (Wildman–Crippen LogP) is 2.04. The minimum absolute atomic E-state index is 0.768. The molecule has 0 atom stereocenters. The molecule has 0 saturated heterocycles. The van der Waals surface area contributed by atoms with Crippen LogP contribution in [0, 0.1) is 13.8 Å². The van der Waals surface area contributed by atoms with Crippen LogP contribution in [0.3, 0.4) is 0 Å². The van der Waals surface area contributed by atoms with E-state index < -0.39 is 0 Å². The standard InChI is InChI=1S/C13H20N4O/c1-4-5-14-8-13-15-6-7-17(13)9-12-10(2)16-18-11(12)3/h6-7,14H,4-5,8-9H2,1-3H3. The molecule has 0 spiro atoms. The maximum atomic E-state index is 5.18. The molecule has 0 aliphatic heterocycles. The molecule has 0 unspecified atom stereocenters. The van der Waals surface area contributed by atoms with Gasteiger partial charge in [0.1, 0.15) is 11.6 Å². The Hall–Kier alpha value is -1.62. The summed E-state index contributed by atoms with van der Waals surface area (Å²) in [6.45, 7) is 8.65. The van der Waals surface area contributed by atoms with Gasteiger partial charge in [-0.25, -0.2) is 4.98 Å². The van der Waals surface area contributed by atoms with Crippen LogP contribution in [0.15, 0.2) is 16.9 Å². The Kier molecular flexibility index (Phi) is 4.15. The quantitative estimate of drug-likeness (QED) is 0.795. The summed E-state index contributed by atoms with van der Waals surface area (Å²) in [6.07, 6.45) is 4.96. The molecule has 1 N–H and O–H groups in total. The highest BCUT2D eigenvalue weighted by Gasteiger charge is 2.11. The Morgan fingerprint density at radius 3 is 2.89 bits per heavy atom. The number of aromatic nitrogens is 3. The normalized spacial score (nSPS) is 11.1. The van der Waals surface area contributed by atoms with Crippen molar-refractivity contribution >= 4 is 0 Å². The van der Waals surface area contributed by atoms with Crippen molar-refractivity contribution < 1.29 is 4.52 Å². The molecular weight excluding hydrogens is 228 g/mol. The van der Waals surface area contributed by atoms with E-state index in [1.165, 1.54) is 0 Å². The van der Waals surface area contributed by atoms with Gasteiger partial charge in [0.15, 0.2) is 0 Å². The summed E-state index contributed by atoms with van der Waals surface area (Å²) in [5.74, 6) is 1.93. The third-order valence-electron chi connectivity index (χ3n) is 3.02. The highest BCUT2D eigenvalue weighted by Crippen LogP contribution is 2.14. The molecule has 18 heavy (non-hydrogen) atoms. The van der Waals surface area contributed by atoms with Crippen molar-refractivity contribution in [1.29, 1.82) is 0 Å². The molecular formula is C13H20N4O. The molecule has 98 valence electrons. The summed E-state index contributed by atoms with van der Waals surface area (Å²) in [6, 6.07) is 0. The zero-order chi connectivity index (χ0) is 13.0. The molecule has 2 heterocycles. The first-order chi connectivity index (χ1) is 8.72. The number of nitrogens with zero attached hydrogens (tertiary/aromatic N) is 3. The van der Waals surface area contributed by atoms with Gasteiger partial charge in [-0.2, -0.15) is 0 Å². The minimum Gasteiger partial charge on any atom is -0.361 e. The van der Waals surface area contributed by atoms with Crippen LogP contribution in [-0.2, 0) is 13.1 Å². The van der Waals surface area contributed by atoms with Crippen LogP contribution in [0.25, 0.3) is 0 Å². The summed E-state index contributed by atoms with van der Waals surface area (Å²) in [5, 5.41) is 7.34. The Labute approximate surface area is 107 Å². The lowest BCUT2D eigenvalue weighted by Gasteiger charge is -2.08. The Morgan fingerprint density at radius 1 is 1.39 bits per heavy atom. The smallest absolute Gasteiger partial charge is 0.138 e. The van der Waals surface area contributed by atoms with E-state index in [-0.39, 0.29) is 0 Å². The van der Waals surface area contributed by atoms with E-state index in [1.54, 1.807) is 0 Å². The molecule has 5 nitrogen and oxygen atoms in total. The molecule has 0 fully saturated rings. The van der Waals surface area contributed by atoms with Gasteiger partial charge in [0.25, 0.3) is 0 Å². The first-order valence-electron chi connectivity index (χ1n) is 6.34. The maximum Gasteiger partial charge on any atom is 0.138 e. The predicted molar refractivity (Wildman–Crippen MR) is 69.3 cm³/mol. The molecule has 0 radical (unpaired) electrons. The largest absolute Gasteiger partial charge is 0.361 e. The zero-order valence-corrected chi connectivity index (χ0v) is 11.2. The lowest BCUT2D eigenvalue weighted by Crippen LogP contribution is -2.18. The monoisotopic (exact) mass is 248 g/mol. The second-order valence-corrected chi connectivity index (χ2v) is 4.45. The van der Waals surface area contributed by atoms with E-state index in [0.717, 1.165) is 48.9 Å². The summed E-state index contributed by atoms with van der Waals surface area (Å²) < 4.78 is 7.32. The Morgan fingerprint density at radius 2 is 2.22 bits per heavy atom. The van der Waals surface area contributed by atoms with Crippen LogP contribution in [0.1, 0.15) is 36.2 Å². The lowest BCUT2D eigenvalue weighted by molar-refractivity contribution is 0.392. The molecule has 0 aliphatic rings. The van der Waals surface area contributed by atoms with Gasteiger partial charge in [-0.15, -0.1) is 0 Å². The van der Waals surface area contributed by atoms with Crippen molar-refractivity contribution in [3.8, 4) is 0 Å². The summed E-state index contributed by atoms with van der Waals surface area (Å²) in [4.78, 5) is 4.38. The average molecular weight is 248 g/mol. The van der Waals surface area contributed by atoms with Crippen LogP contribution in [0.4, 0.5) is 0 Å². The molecule has 0 amide bonds. The highest BCUT2D eigenvalue weighted by molar-refractivity contribution is 5.21. The molecule has 0 saturated carbocycles. The fourth-order valence-electron chi connectivity index (χ4n) is 1.93.